The molecule has 4 aromatic rings. The Kier molecular flexibility index (Phi) is 10.3. The van der Waals surface area contributed by atoms with E-state index in [1.165, 1.54) is 24.9 Å². The first-order chi connectivity index (χ1) is 21.8. The first-order valence-electron chi connectivity index (χ1n) is 14.9. The van der Waals surface area contributed by atoms with Crippen molar-refractivity contribution in [3.63, 3.8) is 0 Å². The van der Waals surface area contributed by atoms with Crippen LogP contribution in [0.4, 0.5) is 8.78 Å². The maximum atomic E-state index is 13.8. The number of ketones is 1. The molecule has 1 N–H and O–H groups in total. The highest BCUT2D eigenvalue weighted by Crippen LogP contribution is 2.36. The molecule has 236 valence electrons. The summed E-state index contributed by atoms with van der Waals surface area (Å²) in [6.07, 6.45) is 1.89. The molecule has 0 radical (unpaired) electrons. The molecular weight excluding hydrogens is 580 g/mol. The van der Waals surface area contributed by atoms with E-state index in [-0.39, 0.29) is 29.6 Å². The summed E-state index contributed by atoms with van der Waals surface area (Å²) in [4.78, 5) is 32.8. The molecule has 2 atom stereocenters. The molecule has 0 saturated carbocycles. The maximum Gasteiger partial charge on any atom is 0.388 e. The van der Waals surface area contributed by atoms with Crippen LogP contribution in [0.25, 0.3) is 16.9 Å². The molecule has 0 bridgehead atoms. The predicted octanol–water partition coefficient (Wildman–Crippen LogP) is 5.07. The van der Waals surface area contributed by atoms with Crippen molar-refractivity contribution in [2.45, 2.75) is 32.3 Å². The normalized spacial score (nSPS) is 16.7. The number of carbonyl (C=O) groups excluding carboxylic acids is 2. The number of rotatable bonds is 13. The van der Waals surface area contributed by atoms with Crippen molar-refractivity contribution < 1.29 is 27.8 Å². The summed E-state index contributed by atoms with van der Waals surface area (Å²) in [6.45, 7) is 1.83. The van der Waals surface area contributed by atoms with E-state index in [9.17, 15) is 18.4 Å². The van der Waals surface area contributed by atoms with Gasteiger partial charge in [0.05, 0.1) is 23.7 Å². The van der Waals surface area contributed by atoms with Crippen LogP contribution in [0.3, 0.4) is 0 Å². The molecule has 0 unspecified atom stereocenters. The number of hydrogen-bond donors (Lipinski definition) is 1. The Morgan fingerprint density at radius 2 is 1.78 bits per heavy atom. The van der Waals surface area contributed by atoms with Gasteiger partial charge >= 0.3 is 6.61 Å². The monoisotopic (exact) mass is 617 g/mol. The molecule has 3 heterocycles. The van der Waals surface area contributed by atoms with Gasteiger partial charge in [0.15, 0.2) is 0 Å². The Morgan fingerprint density at radius 3 is 2.44 bits per heavy atom. The second-order valence-electron chi connectivity index (χ2n) is 11.2. The Morgan fingerprint density at radius 1 is 1.07 bits per heavy atom. The van der Waals surface area contributed by atoms with E-state index in [1.807, 2.05) is 55.5 Å². The molecule has 2 aromatic carbocycles. The molecule has 11 heteroatoms. The number of ether oxygens (including phenoxy) is 2. The minimum Gasteiger partial charge on any atom is -0.416 e. The highest BCUT2D eigenvalue weighted by Gasteiger charge is 2.35. The van der Waals surface area contributed by atoms with E-state index in [1.54, 1.807) is 11.8 Å². The molecule has 45 heavy (non-hydrogen) atoms. The van der Waals surface area contributed by atoms with Crippen molar-refractivity contribution in [2.24, 2.45) is 5.92 Å². The van der Waals surface area contributed by atoms with Crippen LogP contribution >= 0.6 is 0 Å². The summed E-state index contributed by atoms with van der Waals surface area (Å²) in [5.74, 6) is -0.643. The van der Waals surface area contributed by atoms with Gasteiger partial charge in [0.1, 0.15) is 11.3 Å². The third kappa shape index (κ3) is 7.43. The van der Waals surface area contributed by atoms with Gasteiger partial charge in [0.25, 0.3) is 5.91 Å². The van der Waals surface area contributed by atoms with Gasteiger partial charge in [-0.05, 0) is 42.2 Å². The number of para-hydroxylation sites is 1. The average Bonchev–Trinajstić information content (AvgIpc) is 3.60. The molecule has 1 aliphatic heterocycles. The second-order valence-corrected chi connectivity index (χ2v) is 11.2. The van der Waals surface area contributed by atoms with Crippen molar-refractivity contribution in [1.82, 2.24) is 25.0 Å². The van der Waals surface area contributed by atoms with Gasteiger partial charge in [0.2, 0.25) is 5.88 Å². The number of Topliss-reactive ketones (excluding diaryl/α,β-unsaturated/α-hetero) is 1. The van der Waals surface area contributed by atoms with Gasteiger partial charge in [-0.15, -0.1) is 0 Å². The van der Waals surface area contributed by atoms with Crippen LogP contribution in [0.1, 0.15) is 39.5 Å². The number of nitrogens with one attached hydrogen (secondary N) is 1. The van der Waals surface area contributed by atoms with E-state index in [2.05, 4.69) is 32.1 Å². The zero-order chi connectivity index (χ0) is 31.9. The van der Waals surface area contributed by atoms with Gasteiger partial charge < -0.3 is 19.7 Å². The molecule has 0 aliphatic carbocycles. The lowest BCUT2D eigenvalue weighted by molar-refractivity contribution is -0.119. The third-order valence-corrected chi connectivity index (χ3v) is 8.25. The van der Waals surface area contributed by atoms with E-state index in [4.69, 9.17) is 9.84 Å². The highest BCUT2D eigenvalue weighted by molar-refractivity contribution is 5.97. The zero-order valence-corrected chi connectivity index (χ0v) is 25.6. The first kappa shape index (κ1) is 31.9. The fraction of sp³-hybridized carbons (Fsp3) is 0.353. The lowest BCUT2D eigenvalue weighted by Crippen LogP contribution is -2.25. The minimum absolute atomic E-state index is 0.0890. The van der Waals surface area contributed by atoms with Gasteiger partial charge in [-0.2, -0.15) is 13.9 Å². The van der Waals surface area contributed by atoms with Crippen LogP contribution in [0.15, 0.2) is 72.9 Å². The Balaban J connectivity index is 1.47. The zero-order valence-electron chi connectivity index (χ0n) is 25.6. The van der Waals surface area contributed by atoms with E-state index in [0.29, 0.717) is 30.0 Å². The second kappa shape index (κ2) is 14.5. The van der Waals surface area contributed by atoms with Crippen molar-refractivity contribution in [3.8, 4) is 22.8 Å². The molecular formula is C34H37F2N5O4. The average molecular weight is 618 g/mol. The van der Waals surface area contributed by atoms with Crippen LogP contribution in [-0.2, 0) is 16.0 Å². The van der Waals surface area contributed by atoms with E-state index < -0.39 is 18.4 Å². The predicted molar refractivity (Wildman–Crippen MR) is 166 cm³/mol. The number of alkyl halides is 2. The largest absolute Gasteiger partial charge is 0.416 e. The van der Waals surface area contributed by atoms with E-state index >= 15 is 0 Å². The number of benzene rings is 2. The Hall–Kier alpha value is -4.48. The number of halogens is 2. The number of carbonyl (C=O) groups is 2. The van der Waals surface area contributed by atoms with Crippen LogP contribution in [0, 0.1) is 12.8 Å². The maximum absolute atomic E-state index is 13.8. The van der Waals surface area contributed by atoms with Crippen LogP contribution in [0.2, 0.25) is 0 Å². The number of likely N-dealkylation sites (tertiary alicyclic amines) is 1. The highest BCUT2D eigenvalue weighted by atomic mass is 19.3. The Labute approximate surface area is 261 Å². The first-order valence-corrected chi connectivity index (χ1v) is 14.9. The summed E-state index contributed by atoms with van der Waals surface area (Å²) < 4.78 is 37.6. The van der Waals surface area contributed by atoms with Gasteiger partial charge in [0, 0.05) is 64.3 Å². The third-order valence-electron chi connectivity index (χ3n) is 8.25. The molecule has 1 aliphatic rings. The number of hydrogen-bond acceptors (Lipinski definition) is 7. The number of pyridine rings is 1. The fourth-order valence-electron chi connectivity index (χ4n) is 6.05. The van der Waals surface area contributed by atoms with Gasteiger partial charge in [-0.3, -0.25) is 9.59 Å². The molecule has 0 spiro atoms. The summed E-state index contributed by atoms with van der Waals surface area (Å²) in [6, 6.07) is 21.2. The summed E-state index contributed by atoms with van der Waals surface area (Å²) in [5.41, 5.74) is 4.20. The lowest BCUT2D eigenvalue weighted by Gasteiger charge is -2.18. The van der Waals surface area contributed by atoms with Crippen molar-refractivity contribution >= 4 is 11.7 Å². The van der Waals surface area contributed by atoms with Crippen LogP contribution in [-0.4, -0.2) is 78.4 Å². The molecule has 9 nitrogen and oxygen atoms in total. The molecule has 1 amide bonds. The van der Waals surface area contributed by atoms with Gasteiger partial charge in [-0.25, -0.2) is 9.67 Å². The summed E-state index contributed by atoms with van der Waals surface area (Å²) in [5, 5.41) is 7.28. The Bertz CT molecular complexity index is 1610. The van der Waals surface area contributed by atoms with Crippen LogP contribution < -0.4 is 10.1 Å². The van der Waals surface area contributed by atoms with E-state index in [0.717, 1.165) is 30.9 Å². The van der Waals surface area contributed by atoms with Crippen molar-refractivity contribution in [2.75, 3.05) is 40.4 Å². The smallest absolute Gasteiger partial charge is 0.388 e. The molecule has 1 saturated heterocycles. The molecule has 1 fully saturated rings. The quantitative estimate of drug-likeness (QED) is 0.224. The molecule has 5 rings (SSSR count). The van der Waals surface area contributed by atoms with Gasteiger partial charge in [-0.1, -0.05) is 48.5 Å². The summed E-state index contributed by atoms with van der Waals surface area (Å²) in [7, 11) is 3.09. The molecule has 2 aromatic heterocycles. The topological polar surface area (TPSA) is 98.6 Å². The lowest BCUT2D eigenvalue weighted by atomic mass is 9.85. The van der Waals surface area contributed by atoms with Crippen molar-refractivity contribution in [3.05, 3.63) is 95.3 Å². The van der Waals surface area contributed by atoms with Crippen LogP contribution in [0.5, 0.6) is 5.88 Å². The SMILES string of the molecule is CNC(=O)c1cc(-c2nn(-c3ccccc3)c(CC(=O)C[C@@H]3CN(CCOC)C[C@H]3c3ccccc3)c2C)cnc1OC(F)F. The minimum atomic E-state index is -3.14. The van der Waals surface area contributed by atoms with Crippen molar-refractivity contribution in [1.29, 1.82) is 0 Å². The standard InChI is InChI=1S/C34H37F2N5O4/c1-22-30(18-27(42)16-25-20-40(14-15-44-3)21-29(25)23-10-6-4-7-11-23)41(26-12-8-5-9-13-26)39-31(22)24-17-28(32(43)37-2)33(38-19-24)45-34(35)36/h4-13,17,19,25,29,34H,14-16,18,20-21H2,1-3H3,(H,37,43)/t25-,29+/m1/s1. The summed E-state index contributed by atoms with van der Waals surface area (Å²) >= 11 is 0. The number of methoxy groups -OCH3 is 1. The number of amides is 1. The number of aromatic nitrogens is 3. The fourth-order valence-corrected chi connectivity index (χ4v) is 6.05. The number of nitrogens with zero attached hydrogens (tertiary/aromatic N) is 4.